The first-order valence-electron chi connectivity index (χ1n) is 5.76. The number of nitrogens with zero attached hydrogens (tertiary/aromatic N) is 1. The minimum atomic E-state index is -0.115. The van der Waals surface area contributed by atoms with E-state index < -0.39 is 0 Å². The summed E-state index contributed by atoms with van der Waals surface area (Å²) in [5.74, 6) is -0.115. The van der Waals surface area contributed by atoms with Gasteiger partial charge in [-0.25, -0.2) is 4.39 Å². The van der Waals surface area contributed by atoms with Crippen molar-refractivity contribution in [2.75, 3.05) is 27.2 Å². The predicted molar refractivity (Wildman–Crippen MR) is 66.0 cm³/mol. The maximum absolute atomic E-state index is 13.5. The zero-order chi connectivity index (χ0) is 12.0. The summed E-state index contributed by atoms with van der Waals surface area (Å²) in [6.45, 7) is 4.00. The van der Waals surface area contributed by atoms with Gasteiger partial charge in [-0.05, 0) is 46.6 Å². The number of benzene rings is 1. The lowest BCUT2D eigenvalue weighted by molar-refractivity contribution is 0.253. The molecule has 0 aliphatic rings. The van der Waals surface area contributed by atoms with Crippen molar-refractivity contribution in [3.8, 4) is 0 Å². The van der Waals surface area contributed by atoms with Gasteiger partial charge in [0, 0.05) is 11.6 Å². The molecule has 3 heteroatoms. The molecule has 0 radical (unpaired) electrons. The van der Waals surface area contributed by atoms with Crippen molar-refractivity contribution in [2.24, 2.45) is 0 Å². The van der Waals surface area contributed by atoms with Crippen molar-refractivity contribution in [1.82, 2.24) is 10.2 Å². The molecule has 0 saturated heterocycles. The summed E-state index contributed by atoms with van der Waals surface area (Å²) in [5.41, 5.74) is 0.773. The Bertz CT molecular complexity index is 315. The molecular weight excluding hydrogens is 203 g/mol. The lowest BCUT2D eigenvalue weighted by Crippen LogP contribution is -2.26. The fourth-order valence-electron chi connectivity index (χ4n) is 1.75. The van der Waals surface area contributed by atoms with Gasteiger partial charge >= 0.3 is 0 Å². The molecule has 1 rings (SSSR count). The number of hydrogen-bond acceptors (Lipinski definition) is 2. The van der Waals surface area contributed by atoms with Gasteiger partial charge in [0.15, 0.2) is 0 Å². The second-order valence-electron chi connectivity index (χ2n) is 4.14. The highest BCUT2D eigenvalue weighted by atomic mass is 19.1. The van der Waals surface area contributed by atoms with Crippen LogP contribution in [0, 0.1) is 5.82 Å². The second-order valence-corrected chi connectivity index (χ2v) is 4.14. The molecule has 1 atom stereocenters. The van der Waals surface area contributed by atoms with Crippen LogP contribution < -0.4 is 5.32 Å². The van der Waals surface area contributed by atoms with Gasteiger partial charge in [0.2, 0.25) is 0 Å². The standard InChI is InChI=1S/C13H21FN2/c1-11(16(3)10-6-9-15-2)12-7-4-5-8-13(12)14/h4-5,7-8,11,15H,6,9-10H2,1-3H3. The molecule has 0 aromatic heterocycles. The van der Waals surface area contributed by atoms with Gasteiger partial charge < -0.3 is 5.32 Å². The van der Waals surface area contributed by atoms with Gasteiger partial charge in [-0.15, -0.1) is 0 Å². The van der Waals surface area contributed by atoms with E-state index in [9.17, 15) is 4.39 Å². The smallest absolute Gasteiger partial charge is 0.127 e. The summed E-state index contributed by atoms with van der Waals surface area (Å²) in [6, 6.07) is 7.11. The fourth-order valence-corrected chi connectivity index (χ4v) is 1.75. The van der Waals surface area contributed by atoms with Crippen LogP contribution in [0.4, 0.5) is 4.39 Å². The molecule has 0 bridgehead atoms. The summed E-state index contributed by atoms with van der Waals surface area (Å²) >= 11 is 0. The van der Waals surface area contributed by atoms with Crippen LogP contribution in [0.25, 0.3) is 0 Å². The maximum atomic E-state index is 13.5. The van der Waals surface area contributed by atoms with Crippen molar-refractivity contribution in [3.05, 3.63) is 35.6 Å². The van der Waals surface area contributed by atoms with Gasteiger partial charge in [-0.1, -0.05) is 18.2 Å². The quantitative estimate of drug-likeness (QED) is 0.747. The first kappa shape index (κ1) is 13.1. The highest BCUT2D eigenvalue weighted by Gasteiger charge is 2.14. The highest BCUT2D eigenvalue weighted by Crippen LogP contribution is 2.21. The van der Waals surface area contributed by atoms with Crippen molar-refractivity contribution < 1.29 is 4.39 Å². The monoisotopic (exact) mass is 224 g/mol. The van der Waals surface area contributed by atoms with E-state index in [2.05, 4.69) is 10.2 Å². The predicted octanol–water partition coefficient (Wildman–Crippen LogP) is 2.43. The number of nitrogens with one attached hydrogen (secondary N) is 1. The summed E-state index contributed by atoms with van der Waals surface area (Å²) in [4.78, 5) is 2.18. The molecule has 1 N–H and O–H groups in total. The largest absolute Gasteiger partial charge is 0.320 e. The van der Waals surface area contributed by atoms with E-state index in [0.29, 0.717) is 0 Å². The van der Waals surface area contributed by atoms with E-state index in [1.54, 1.807) is 6.07 Å². The van der Waals surface area contributed by atoms with Crippen molar-refractivity contribution in [3.63, 3.8) is 0 Å². The highest BCUT2D eigenvalue weighted by molar-refractivity contribution is 5.20. The fraction of sp³-hybridized carbons (Fsp3) is 0.538. The first-order chi connectivity index (χ1) is 7.66. The molecule has 90 valence electrons. The van der Waals surface area contributed by atoms with Gasteiger partial charge in [0.05, 0.1) is 0 Å². The molecule has 0 fully saturated rings. The molecule has 0 aliphatic carbocycles. The lowest BCUT2D eigenvalue weighted by atomic mass is 10.1. The third-order valence-corrected chi connectivity index (χ3v) is 2.95. The molecule has 2 nitrogen and oxygen atoms in total. The van der Waals surface area contributed by atoms with E-state index in [1.807, 2.05) is 33.2 Å². The second kappa shape index (κ2) is 6.61. The molecule has 0 heterocycles. The minimum absolute atomic E-state index is 0.115. The zero-order valence-electron chi connectivity index (χ0n) is 10.3. The van der Waals surface area contributed by atoms with Crippen LogP contribution in [0.3, 0.4) is 0 Å². The van der Waals surface area contributed by atoms with Crippen molar-refractivity contribution >= 4 is 0 Å². The Balaban J connectivity index is 2.56. The molecule has 0 saturated carbocycles. The van der Waals surface area contributed by atoms with Crippen LogP contribution in [0.15, 0.2) is 24.3 Å². The molecule has 0 amide bonds. The molecule has 1 unspecified atom stereocenters. The van der Waals surface area contributed by atoms with E-state index in [1.165, 1.54) is 6.07 Å². The van der Waals surface area contributed by atoms with Gasteiger partial charge in [-0.3, -0.25) is 4.90 Å². The van der Waals surface area contributed by atoms with Crippen LogP contribution in [0.1, 0.15) is 24.9 Å². The number of hydrogen-bond donors (Lipinski definition) is 1. The van der Waals surface area contributed by atoms with Crippen LogP contribution in [0.2, 0.25) is 0 Å². The zero-order valence-corrected chi connectivity index (χ0v) is 10.3. The maximum Gasteiger partial charge on any atom is 0.127 e. The van der Waals surface area contributed by atoms with E-state index in [0.717, 1.165) is 25.1 Å². The SMILES string of the molecule is CNCCCN(C)C(C)c1ccccc1F. The summed E-state index contributed by atoms with van der Waals surface area (Å²) in [7, 11) is 3.98. The average molecular weight is 224 g/mol. The van der Waals surface area contributed by atoms with Crippen LogP contribution in [-0.4, -0.2) is 32.1 Å². The Kier molecular flexibility index (Phi) is 5.43. The molecule has 0 aliphatic heterocycles. The molecule has 0 spiro atoms. The number of rotatable bonds is 6. The molecular formula is C13H21FN2. The summed E-state index contributed by atoms with van der Waals surface area (Å²) < 4.78 is 13.5. The Labute approximate surface area is 97.5 Å². The Morgan fingerprint density at radius 1 is 1.38 bits per heavy atom. The third-order valence-electron chi connectivity index (χ3n) is 2.95. The van der Waals surface area contributed by atoms with Crippen molar-refractivity contribution in [2.45, 2.75) is 19.4 Å². The van der Waals surface area contributed by atoms with E-state index in [-0.39, 0.29) is 11.9 Å². The summed E-state index contributed by atoms with van der Waals surface area (Å²) in [5, 5.41) is 3.11. The van der Waals surface area contributed by atoms with Gasteiger partial charge in [-0.2, -0.15) is 0 Å². The van der Waals surface area contributed by atoms with Crippen molar-refractivity contribution in [1.29, 1.82) is 0 Å². The molecule has 1 aromatic rings. The minimum Gasteiger partial charge on any atom is -0.320 e. The lowest BCUT2D eigenvalue weighted by Gasteiger charge is -2.25. The Morgan fingerprint density at radius 3 is 2.69 bits per heavy atom. The van der Waals surface area contributed by atoms with E-state index >= 15 is 0 Å². The topological polar surface area (TPSA) is 15.3 Å². The van der Waals surface area contributed by atoms with Crippen LogP contribution in [0.5, 0.6) is 0 Å². The number of halogens is 1. The molecule has 1 aromatic carbocycles. The summed E-state index contributed by atoms with van der Waals surface area (Å²) in [6.07, 6.45) is 1.08. The Hall–Kier alpha value is -0.930. The third kappa shape index (κ3) is 3.58. The average Bonchev–Trinajstić information content (AvgIpc) is 2.29. The normalized spacial score (nSPS) is 13.1. The van der Waals surface area contributed by atoms with Gasteiger partial charge in [0.1, 0.15) is 5.82 Å². The van der Waals surface area contributed by atoms with Crippen LogP contribution in [-0.2, 0) is 0 Å². The van der Waals surface area contributed by atoms with Gasteiger partial charge in [0.25, 0.3) is 0 Å². The van der Waals surface area contributed by atoms with E-state index in [4.69, 9.17) is 0 Å². The Morgan fingerprint density at radius 2 is 2.06 bits per heavy atom. The molecule has 16 heavy (non-hydrogen) atoms. The first-order valence-corrected chi connectivity index (χ1v) is 5.76. The van der Waals surface area contributed by atoms with Crippen LogP contribution >= 0.6 is 0 Å².